The number of nitrogens with one attached hydrogen (secondary N) is 4. The van der Waals surface area contributed by atoms with E-state index >= 15 is 0 Å². The minimum absolute atomic E-state index is 0.343. The van der Waals surface area contributed by atoms with Gasteiger partial charge in [0.05, 0.1) is 12.8 Å². The molecule has 0 aliphatic carbocycles. The van der Waals surface area contributed by atoms with Gasteiger partial charge in [0.15, 0.2) is 6.23 Å². The van der Waals surface area contributed by atoms with Crippen LogP contribution in [0.1, 0.15) is 6.92 Å². The van der Waals surface area contributed by atoms with Crippen LogP contribution in [0.2, 0.25) is 0 Å². The number of guanidine groups is 1. The Bertz CT molecular complexity index is 385. The van der Waals surface area contributed by atoms with E-state index in [2.05, 4.69) is 10.3 Å². The van der Waals surface area contributed by atoms with Gasteiger partial charge in [-0.2, -0.15) is 0 Å². The summed E-state index contributed by atoms with van der Waals surface area (Å²) in [6.45, 7) is 0.757. The average Bonchev–Trinajstić information content (AvgIpc) is 2.60. The number of nitrogens with zero attached hydrogens (tertiary/aromatic N) is 1. The lowest BCUT2D eigenvalue weighted by molar-refractivity contribution is -0.0603. The minimum atomic E-state index is -1.77. The van der Waals surface area contributed by atoms with Gasteiger partial charge in [-0.3, -0.25) is 10.6 Å². The predicted octanol–water partition coefficient (Wildman–Crippen LogP) is -2.63. The zero-order valence-corrected chi connectivity index (χ0v) is 10.2. The summed E-state index contributed by atoms with van der Waals surface area (Å²) in [5.41, 5.74) is -0.135. The number of aliphatic hydroxyl groups excluding tert-OH is 2. The smallest absolute Gasteiger partial charge is 0.223 e. The minimum Gasteiger partial charge on any atom is -0.394 e. The molecule has 10 heteroatoms. The zero-order valence-electron chi connectivity index (χ0n) is 10.2. The van der Waals surface area contributed by atoms with Crippen LogP contribution in [0.15, 0.2) is 4.99 Å². The van der Waals surface area contributed by atoms with E-state index in [9.17, 15) is 10.2 Å². The Balaban J connectivity index is 2.89. The molecule has 0 spiro atoms. The number of hydroxylamine groups is 1. The molecule has 0 amide bonds. The Labute approximate surface area is 108 Å². The molecule has 1 fully saturated rings. The summed E-state index contributed by atoms with van der Waals surface area (Å²) in [5, 5.41) is 53.8. The van der Waals surface area contributed by atoms with Crippen LogP contribution < -0.4 is 10.8 Å². The van der Waals surface area contributed by atoms with Crippen LogP contribution in [0.25, 0.3) is 0 Å². The van der Waals surface area contributed by atoms with Crippen LogP contribution in [0, 0.1) is 10.8 Å². The van der Waals surface area contributed by atoms with Gasteiger partial charge in [0.2, 0.25) is 5.96 Å². The molecule has 0 saturated carbocycles. The van der Waals surface area contributed by atoms with Crippen LogP contribution in [0.4, 0.5) is 0 Å². The number of hydrogen-bond donors (Lipinski definition) is 8. The van der Waals surface area contributed by atoms with Crippen molar-refractivity contribution in [3.8, 4) is 0 Å². The molecule has 19 heavy (non-hydrogen) atoms. The number of ether oxygens (including phenoxy) is 1. The molecule has 0 bridgehead atoms. The van der Waals surface area contributed by atoms with Crippen molar-refractivity contribution in [2.24, 2.45) is 4.99 Å². The number of aliphatic hydroxyl groups is 3. The Morgan fingerprint density at radius 3 is 2.63 bits per heavy atom. The first kappa shape index (κ1) is 15.5. The van der Waals surface area contributed by atoms with E-state index in [0.29, 0.717) is 6.21 Å². The van der Waals surface area contributed by atoms with E-state index < -0.39 is 30.6 Å². The Hall–Kier alpha value is -1.59. The van der Waals surface area contributed by atoms with Gasteiger partial charge in [-0.05, 0) is 6.92 Å². The van der Waals surface area contributed by atoms with Gasteiger partial charge in [0.1, 0.15) is 23.6 Å². The average molecular weight is 275 g/mol. The Morgan fingerprint density at radius 2 is 2.21 bits per heavy atom. The molecule has 0 aromatic rings. The SMILES string of the molecule is C[C@]1(O)[C@H](N=C(NO)NC(=N)C=N)O[C@H](CO)[C@H]1O. The molecule has 0 aromatic heterocycles. The summed E-state index contributed by atoms with van der Waals surface area (Å²) in [6.07, 6.45) is -2.95. The van der Waals surface area contributed by atoms with Gasteiger partial charge in [-0.25, -0.2) is 10.5 Å². The highest BCUT2D eigenvalue weighted by atomic mass is 16.6. The summed E-state index contributed by atoms with van der Waals surface area (Å²) in [5.74, 6) is -0.707. The quantitative estimate of drug-likeness (QED) is 0.158. The normalized spacial score (nSPS) is 35.0. The van der Waals surface area contributed by atoms with Crippen molar-refractivity contribution in [3.63, 3.8) is 0 Å². The van der Waals surface area contributed by atoms with Gasteiger partial charge in [0.25, 0.3) is 0 Å². The maximum Gasteiger partial charge on any atom is 0.223 e. The summed E-state index contributed by atoms with van der Waals surface area (Å²) >= 11 is 0. The van der Waals surface area contributed by atoms with Gasteiger partial charge < -0.3 is 30.8 Å². The fourth-order valence-electron chi connectivity index (χ4n) is 1.57. The fraction of sp³-hybridized carbons (Fsp3) is 0.667. The highest BCUT2D eigenvalue weighted by molar-refractivity contribution is 6.30. The first-order chi connectivity index (χ1) is 8.86. The van der Waals surface area contributed by atoms with Crippen LogP contribution in [-0.2, 0) is 4.74 Å². The maximum absolute atomic E-state index is 10.0. The lowest BCUT2D eigenvalue weighted by Gasteiger charge is -2.24. The summed E-state index contributed by atoms with van der Waals surface area (Å²) < 4.78 is 5.13. The predicted molar refractivity (Wildman–Crippen MR) is 64.4 cm³/mol. The largest absolute Gasteiger partial charge is 0.394 e. The van der Waals surface area contributed by atoms with Crippen LogP contribution in [0.3, 0.4) is 0 Å². The molecule has 4 atom stereocenters. The van der Waals surface area contributed by atoms with Crippen molar-refractivity contribution < 1.29 is 25.3 Å². The third-order valence-corrected chi connectivity index (χ3v) is 2.68. The Morgan fingerprint density at radius 1 is 1.58 bits per heavy atom. The Kier molecular flexibility index (Phi) is 4.91. The fourth-order valence-corrected chi connectivity index (χ4v) is 1.57. The molecule has 1 aliphatic rings. The van der Waals surface area contributed by atoms with E-state index in [1.54, 1.807) is 5.48 Å². The lowest BCUT2D eigenvalue weighted by Crippen LogP contribution is -2.47. The van der Waals surface area contributed by atoms with E-state index in [-0.39, 0.29) is 11.8 Å². The molecule has 0 aromatic carbocycles. The van der Waals surface area contributed by atoms with Crippen LogP contribution in [0.5, 0.6) is 0 Å². The molecule has 1 aliphatic heterocycles. The molecule has 1 rings (SSSR count). The second-order valence-corrected chi connectivity index (χ2v) is 4.15. The topological polar surface area (TPSA) is 174 Å². The van der Waals surface area contributed by atoms with Crippen molar-refractivity contribution >= 4 is 18.0 Å². The van der Waals surface area contributed by atoms with Crippen molar-refractivity contribution in [3.05, 3.63) is 0 Å². The summed E-state index contributed by atoms with van der Waals surface area (Å²) in [7, 11) is 0. The molecule has 1 heterocycles. The summed E-state index contributed by atoms with van der Waals surface area (Å²) in [6, 6.07) is 0. The van der Waals surface area contributed by atoms with Crippen molar-refractivity contribution in [1.82, 2.24) is 10.8 Å². The molecule has 0 radical (unpaired) electrons. The highest BCUT2D eigenvalue weighted by Gasteiger charge is 2.52. The maximum atomic E-state index is 10.0. The third kappa shape index (κ3) is 3.24. The van der Waals surface area contributed by atoms with Crippen LogP contribution >= 0.6 is 0 Å². The van der Waals surface area contributed by atoms with Crippen molar-refractivity contribution in [1.29, 1.82) is 10.8 Å². The number of hydrogen-bond acceptors (Lipinski definition) is 8. The molecular weight excluding hydrogens is 258 g/mol. The third-order valence-electron chi connectivity index (χ3n) is 2.68. The molecular formula is C9H17N5O5. The molecule has 0 unspecified atom stereocenters. The van der Waals surface area contributed by atoms with Crippen molar-refractivity contribution in [2.45, 2.75) is 31.0 Å². The van der Waals surface area contributed by atoms with Gasteiger partial charge in [0, 0.05) is 0 Å². The molecule has 108 valence electrons. The van der Waals surface area contributed by atoms with Crippen molar-refractivity contribution in [2.75, 3.05) is 6.61 Å². The molecule has 8 N–H and O–H groups in total. The van der Waals surface area contributed by atoms with E-state index in [0.717, 1.165) is 0 Å². The molecule has 10 nitrogen and oxygen atoms in total. The van der Waals surface area contributed by atoms with Gasteiger partial charge in [-0.15, -0.1) is 0 Å². The number of amidine groups is 1. The van der Waals surface area contributed by atoms with E-state index in [1.165, 1.54) is 6.92 Å². The number of aliphatic imine (C=N–C) groups is 1. The lowest BCUT2D eigenvalue weighted by atomic mass is 9.97. The standard InChI is InChI=1S/C9H17N5O5/c1-9(17)6(16)4(3-15)19-7(9)13-8(14-18)12-5(11)2-10/h2,4,6-7,10,15-18H,3H2,1H3,(H3,11,12,13,14)/t4-,6-,7-,9-/m1/s1. The van der Waals surface area contributed by atoms with Gasteiger partial charge in [-0.1, -0.05) is 0 Å². The zero-order chi connectivity index (χ0) is 14.6. The van der Waals surface area contributed by atoms with E-state index in [4.69, 9.17) is 25.9 Å². The first-order valence-corrected chi connectivity index (χ1v) is 5.37. The number of rotatable bonds is 3. The van der Waals surface area contributed by atoms with Crippen LogP contribution in [-0.4, -0.2) is 69.2 Å². The van der Waals surface area contributed by atoms with E-state index in [1.807, 2.05) is 0 Å². The monoisotopic (exact) mass is 275 g/mol. The first-order valence-electron chi connectivity index (χ1n) is 5.37. The second-order valence-electron chi connectivity index (χ2n) is 4.15. The highest BCUT2D eigenvalue weighted by Crippen LogP contribution is 2.31. The summed E-state index contributed by atoms with van der Waals surface area (Å²) in [4.78, 5) is 3.74. The second kappa shape index (κ2) is 6.04. The van der Waals surface area contributed by atoms with Gasteiger partial charge >= 0.3 is 0 Å². The molecule has 1 saturated heterocycles.